The Morgan fingerprint density at radius 1 is 0.333 bits per heavy atom. The van der Waals surface area contributed by atoms with Crippen molar-refractivity contribution < 1.29 is 0 Å². The van der Waals surface area contributed by atoms with E-state index in [2.05, 4.69) is 269 Å². The number of rotatable bonds is 11. The SMILES string of the molecule is Cc1ccc(C(=Cc2ccc(Nc3c(-c4ccc5ccccc5c4)cc4ccccc4c3Nc3ccc(C=C(c4ccc(C)cc4)c4ccc(C)cc4)cc3)cc2)c2ccc(C)cc2)cc1. The molecule has 0 spiro atoms. The number of anilines is 4. The summed E-state index contributed by atoms with van der Waals surface area (Å²) in [5.74, 6) is 0. The van der Waals surface area contributed by atoms with Crippen molar-refractivity contribution in [3.8, 4) is 11.1 Å². The average molecular weight is 849 g/mol. The second-order valence-corrected chi connectivity index (χ2v) is 17.5. The summed E-state index contributed by atoms with van der Waals surface area (Å²) in [6.45, 7) is 8.54. The largest absolute Gasteiger partial charge is 0.353 e. The Labute approximate surface area is 389 Å². The van der Waals surface area contributed by atoms with E-state index in [9.17, 15) is 0 Å². The number of nitrogens with one attached hydrogen (secondary N) is 2. The highest BCUT2D eigenvalue weighted by Crippen LogP contribution is 2.44. The van der Waals surface area contributed by atoms with Crippen LogP contribution >= 0.6 is 0 Å². The Hall–Kier alpha value is -8.20. The molecule has 0 aromatic heterocycles. The molecule has 0 radical (unpaired) electrons. The van der Waals surface area contributed by atoms with Crippen LogP contribution in [0.2, 0.25) is 0 Å². The molecule has 0 saturated carbocycles. The molecule has 10 aromatic rings. The molecule has 0 aliphatic carbocycles. The van der Waals surface area contributed by atoms with Gasteiger partial charge in [0.05, 0.1) is 11.4 Å². The first-order valence-electron chi connectivity index (χ1n) is 22.8. The molecule has 0 atom stereocenters. The lowest BCUT2D eigenvalue weighted by atomic mass is 9.94. The van der Waals surface area contributed by atoms with Crippen LogP contribution in [0.25, 0.3) is 56.0 Å². The van der Waals surface area contributed by atoms with E-state index in [1.54, 1.807) is 0 Å². The van der Waals surface area contributed by atoms with Gasteiger partial charge in [0, 0.05) is 22.3 Å². The zero-order valence-electron chi connectivity index (χ0n) is 37.9. The summed E-state index contributed by atoms with van der Waals surface area (Å²) in [5.41, 5.74) is 20.7. The summed E-state index contributed by atoms with van der Waals surface area (Å²) in [5, 5.41) is 12.6. The van der Waals surface area contributed by atoms with Crippen LogP contribution in [0.4, 0.5) is 22.7 Å². The smallest absolute Gasteiger partial charge is 0.0709 e. The summed E-state index contributed by atoms with van der Waals surface area (Å²) in [7, 11) is 0. The van der Waals surface area contributed by atoms with E-state index < -0.39 is 0 Å². The van der Waals surface area contributed by atoms with Gasteiger partial charge in [0.2, 0.25) is 0 Å². The summed E-state index contributed by atoms with van der Waals surface area (Å²) in [4.78, 5) is 0. The molecule has 318 valence electrons. The molecular weight excluding hydrogens is 797 g/mol. The van der Waals surface area contributed by atoms with Gasteiger partial charge in [-0.2, -0.15) is 0 Å². The fraction of sp³-hybridized carbons (Fsp3) is 0.0625. The molecule has 10 aromatic carbocycles. The lowest BCUT2D eigenvalue weighted by molar-refractivity contribution is 1.43. The van der Waals surface area contributed by atoms with E-state index in [0.29, 0.717) is 0 Å². The van der Waals surface area contributed by atoms with Crippen molar-refractivity contribution >= 4 is 67.6 Å². The first-order valence-corrected chi connectivity index (χ1v) is 22.8. The Bertz CT molecular complexity index is 3280. The Morgan fingerprint density at radius 2 is 0.727 bits per heavy atom. The molecule has 0 unspecified atom stereocenters. The van der Waals surface area contributed by atoms with Crippen molar-refractivity contribution in [2.24, 2.45) is 0 Å². The molecule has 0 aliphatic heterocycles. The predicted octanol–water partition coefficient (Wildman–Crippen LogP) is 17.6. The molecule has 2 N–H and O–H groups in total. The second-order valence-electron chi connectivity index (χ2n) is 17.5. The van der Waals surface area contributed by atoms with Crippen LogP contribution in [-0.4, -0.2) is 0 Å². The van der Waals surface area contributed by atoms with Crippen LogP contribution in [0, 0.1) is 27.7 Å². The topological polar surface area (TPSA) is 24.1 Å². The van der Waals surface area contributed by atoms with Gasteiger partial charge in [-0.15, -0.1) is 0 Å². The molecule has 0 amide bonds. The van der Waals surface area contributed by atoms with Crippen LogP contribution in [0.1, 0.15) is 55.6 Å². The number of hydrogen-bond acceptors (Lipinski definition) is 2. The molecule has 0 saturated heterocycles. The number of benzene rings is 10. The van der Waals surface area contributed by atoms with Crippen LogP contribution in [-0.2, 0) is 0 Å². The third-order valence-electron chi connectivity index (χ3n) is 12.5. The van der Waals surface area contributed by atoms with E-state index in [-0.39, 0.29) is 0 Å². The molecule has 66 heavy (non-hydrogen) atoms. The van der Waals surface area contributed by atoms with Gasteiger partial charge in [-0.25, -0.2) is 0 Å². The van der Waals surface area contributed by atoms with Gasteiger partial charge in [0.25, 0.3) is 0 Å². The van der Waals surface area contributed by atoms with Gasteiger partial charge in [0.15, 0.2) is 0 Å². The first-order chi connectivity index (χ1) is 32.3. The van der Waals surface area contributed by atoms with Gasteiger partial charge in [-0.3, -0.25) is 0 Å². The standard InChI is InChI=1S/C64H52N2/c1-43-13-25-50(26-14-43)60(51-27-15-44(2)16-28-51)39-47-21-35-57(36-22-47)65-63-59-12-8-7-11-55(59)42-62(56-34-33-49-9-5-6-10-54(49)41-56)64(63)66-58-37-23-48(24-38-58)40-61(52-29-17-45(3)18-30-52)53-31-19-46(4)20-32-53/h5-42,65-66H,1-4H3. The zero-order valence-corrected chi connectivity index (χ0v) is 37.9. The summed E-state index contributed by atoms with van der Waals surface area (Å²) < 4.78 is 0. The first kappa shape index (κ1) is 41.8. The summed E-state index contributed by atoms with van der Waals surface area (Å²) >= 11 is 0. The lowest BCUT2D eigenvalue weighted by Crippen LogP contribution is -2.01. The normalized spacial score (nSPS) is 11.0. The zero-order chi connectivity index (χ0) is 45.0. The van der Waals surface area contributed by atoms with Crippen LogP contribution < -0.4 is 10.6 Å². The minimum absolute atomic E-state index is 1.000. The molecule has 0 bridgehead atoms. The molecular formula is C64H52N2. The van der Waals surface area contributed by atoms with E-state index in [4.69, 9.17) is 0 Å². The molecule has 0 aliphatic rings. The maximum Gasteiger partial charge on any atom is 0.0709 e. The minimum atomic E-state index is 1.000. The number of hydrogen-bond donors (Lipinski definition) is 2. The summed E-state index contributed by atoms with van der Waals surface area (Å²) in [6, 6.07) is 79.2. The molecule has 2 nitrogen and oxygen atoms in total. The Morgan fingerprint density at radius 3 is 1.18 bits per heavy atom. The van der Waals surface area contributed by atoms with Crippen molar-refractivity contribution in [3.05, 3.63) is 274 Å². The van der Waals surface area contributed by atoms with Crippen LogP contribution in [0.5, 0.6) is 0 Å². The monoisotopic (exact) mass is 848 g/mol. The van der Waals surface area contributed by atoms with Crippen molar-refractivity contribution in [2.75, 3.05) is 10.6 Å². The third-order valence-corrected chi connectivity index (χ3v) is 12.5. The van der Waals surface area contributed by atoms with Gasteiger partial charge in [-0.1, -0.05) is 204 Å². The maximum absolute atomic E-state index is 3.95. The van der Waals surface area contributed by atoms with Crippen molar-refractivity contribution in [2.45, 2.75) is 27.7 Å². The van der Waals surface area contributed by atoms with Crippen molar-refractivity contribution in [3.63, 3.8) is 0 Å². The highest BCUT2D eigenvalue weighted by Gasteiger charge is 2.17. The minimum Gasteiger partial charge on any atom is -0.353 e. The van der Waals surface area contributed by atoms with E-state index in [1.165, 1.54) is 66.4 Å². The number of fused-ring (bicyclic) bond motifs is 2. The van der Waals surface area contributed by atoms with Crippen LogP contribution in [0.15, 0.2) is 218 Å². The molecule has 0 heterocycles. The average Bonchev–Trinajstić information content (AvgIpc) is 3.35. The second kappa shape index (κ2) is 18.5. The van der Waals surface area contributed by atoms with Gasteiger partial charge < -0.3 is 10.6 Å². The van der Waals surface area contributed by atoms with E-state index >= 15 is 0 Å². The maximum atomic E-state index is 3.95. The van der Waals surface area contributed by atoms with Gasteiger partial charge in [-0.05, 0) is 142 Å². The van der Waals surface area contributed by atoms with Crippen LogP contribution in [0.3, 0.4) is 0 Å². The molecule has 2 heteroatoms. The Balaban J connectivity index is 1.05. The van der Waals surface area contributed by atoms with Gasteiger partial charge in [0.1, 0.15) is 0 Å². The third kappa shape index (κ3) is 9.22. The lowest BCUT2D eigenvalue weighted by Gasteiger charge is -2.22. The predicted molar refractivity (Wildman–Crippen MR) is 285 cm³/mol. The van der Waals surface area contributed by atoms with Crippen molar-refractivity contribution in [1.29, 1.82) is 0 Å². The highest BCUT2D eigenvalue weighted by atomic mass is 15.0. The fourth-order valence-corrected chi connectivity index (χ4v) is 8.74. The highest BCUT2D eigenvalue weighted by molar-refractivity contribution is 6.09. The fourth-order valence-electron chi connectivity index (χ4n) is 8.74. The molecule has 10 rings (SSSR count). The number of aryl methyl sites for hydroxylation is 4. The van der Waals surface area contributed by atoms with Gasteiger partial charge >= 0.3 is 0 Å². The van der Waals surface area contributed by atoms with E-state index in [0.717, 1.165) is 55.8 Å². The van der Waals surface area contributed by atoms with E-state index in [1.807, 2.05) is 0 Å². The van der Waals surface area contributed by atoms with Crippen molar-refractivity contribution in [1.82, 2.24) is 0 Å². The Kier molecular flexibility index (Phi) is 11.7. The summed E-state index contributed by atoms with van der Waals surface area (Å²) in [6.07, 6.45) is 4.59. The molecule has 0 fully saturated rings. The quantitative estimate of drug-likeness (QED) is 0.127.